The fraction of sp³-hybridized carbons (Fsp3) is 0.400. The van der Waals surface area contributed by atoms with Gasteiger partial charge >= 0.3 is 0 Å². The van der Waals surface area contributed by atoms with E-state index in [4.69, 9.17) is 5.11 Å². The number of hydrogen-bond acceptors (Lipinski definition) is 3. The lowest BCUT2D eigenvalue weighted by Crippen LogP contribution is -1.93. The zero-order valence-electron chi connectivity index (χ0n) is 10.6. The molecule has 0 aromatic heterocycles. The van der Waals surface area contributed by atoms with Crippen LogP contribution in [0.4, 0.5) is 0 Å². The molecule has 1 N–H and O–H groups in total. The summed E-state index contributed by atoms with van der Waals surface area (Å²) in [5.74, 6) is 6.98. The predicted molar refractivity (Wildman–Crippen MR) is 76.5 cm³/mol. The smallest absolute Gasteiger partial charge is 0.185 e. The number of aliphatic hydroxyl groups is 1. The van der Waals surface area contributed by atoms with Crippen molar-refractivity contribution >= 4 is 16.9 Å². The van der Waals surface area contributed by atoms with Gasteiger partial charge in [0.25, 0.3) is 0 Å². The van der Waals surface area contributed by atoms with Crippen molar-refractivity contribution in [1.29, 1.82) is 0 Å². The Morgan fingerprint density at radius 3 is 2.89 bits per heavy atom. The van der Waals surface area contributed by atoms with Crippen LogP contribution in [-0.2, 0) is 11.2 Å². The summed E-state index contributed by atoms with van der Waals surface area (Å²) in [7, 11) is 0. The second-order valence-corrected chi connectivity index (χ2v) is 5.15. The molecule has 0 atom stereocenters. The Hall–Kier alpha value is -1.24. The molecule has 0 bridgehead atoms. The minimum atomic E-state index is 0.139. The van der Waals surface area contributed by atoms with Gasteiger partial charge in [0.05, 0.1) is 0 Å². The van der Waals surface area contributed by atoms with E-state index in [0.717, 1.165) is 30.6 Å². The number of aryl methyl sites for hydroxylation is 1. The minimum Gasteiger partial charge on any atom is -0.396 e. The van der Waals surface area contributed by atoms with Crippen LogP contribution in [0.5, 0.6) is 0 Å². The van der Waals surface area contributed by atoms with Crippen LogP contribution < -0.4 is 0 Å². The number of aliphatic hydroxyl groups excluding tert-OH is 1. The molecule has 3 heteroatoms. The van der Waals surface area contributed by atoms with E-state index in [1.54, 1.807) is 6.92 Å². The highest BCUT2D eigenvalue weighted by atomic mass is 32.2. The van der Waals surface area contributed by atoms with Gasteiger partial charge in [-0.15, -0.1) is 0 Å². The summed E-state index contributed by atoms with van der Waals surface area (Å²) in [5.41, 5.74) is 2.21. The Kier molecular flexibility index (Phi) is 7.24. The molecule has 0 saturated carbocycles. The van der Waals surface area contributed by atoms with Gasteiger partial charge in [-0.25, -0.2) is 0 Å². The molecule has 1 rings (SSSR count). The second-order valence-electron chi connectivity index (χ2n) is 3.88. The standard InChI is InChI=1S/C15H18O2S/c1-13(17)18-12-5-4-9-14-7-2-3-8-15(14)10-6-11-16/h2-3,7-8,16H,5-6,10-12H2,1H3. The Bertz CT molecular complexity index is 443. The van der Waals surface area contributed by atoms with Crippen LogP contribution in [0, 0.1) is 11.8 Å². The van der Waals surface area contributed by atoms with Crippen LogP contribution in [0.15, 0.2) is 24.3 Å². The van der Waals surface area contributed by atoms with Crippen molar-refractivity contribution in [2.45, 2.75) is 26.2 Å². The summed E-state index contributed by atoms with van der Waals surface area (Å²) >= 11 is 1.31. The molecule has 0 radical (unpaired) electrons. The normalized spacial score (nSPS) is 9.67. The van der Waals surface area contributed by atoms with Crippen LogP contribution in [0.3, 0.4) is 0 Å². The zero-order valence-corrected chi connectivity index (χ0v) is 11.4. The Morgan fingerprint density at radius 2 is 2.17 bits per heavy atom. The summed E-state index contributed by atoms with van der Waals surface area (Å²) in [6, 6.07) is 8.00. The van der Waals surface area contributed by atoms with Crippen molar-refractivity contribution in [2.24, 2.45) is 0 Å². The average Bonchev–Trinajstić information content (AvgIpc) is 2.36. The molecule has 0 unspecified atom stereocenters. The third-order valence-electron chi connectivity index (χ3n) is 2.38. The Labute approximate surface area is 113 Å². The molecule has 1 aromatic carbocycles. The molecule has 0 spiro atoms. The largest absolute Gasteiger partial charge is 0.396 e. The van der Waals surface area contributed by atoms with Crippen molar-refractivity contribution in [1.82, 2.24) is 0 Å². The quantitative estimate of drug-likeness (QED) is 0.655. The van der Waals surface area contributed by atoms with E-state index in [0.29, 0.717) is 0 Å². The molecule has 2 nitrogen and oxygen atoms in total. The maximum absolute atomic E-state index is 10.7. The molecule has 0 aliphatic heterocycles. The SMILES string of the molecule is CC(=O)SCCC#Cc1ccccc1CCCO. The number of benzene rings is 1. The van der Waals surface area contributed by atoms with Crippen molar-refractivity contribution < 1.29 is 9.90 Å². The first kappa shape index (κ1) is 14.8. The van der Waals surface area contributed by atoms with Gasteiger partial charge in [-0.1, -0.05) is 41.8 Å². The molecular formula is C15H18O2S. The van der Waals surface area contributed by atoms with Crippen LogP contribution >= 0.6 is 11.8 Å². The predicted octanol–water partition coefficient (Wildman–Crippen LogP) is 2.63. The van der Waals surface area contributed by atoms with E-state index in [1.807, 2.05) is 24.3 Å². The molecule has 0 fully saturated rings. The third-order valence-corrected chi connectivity index (χ3v) is 3.19. The fourth-order valence-corrected chi connectivity index (χ4v) is 2.02. The summed E-state index contributed by atoms with van der Waals surface area (Å²) in [4.78, 5) is 10.7. The summed E-state index contributed by atoms with van der Waals surface area (Å²) in [6.07, 6.45) is 2.33. The third kappa shape index (κ3) is 5.90. The minimum absolute atomic E-state index is 0.139. The van der Waals surface area contributed by atoms with Gasteiger partial charge < -0.3 is 5.11 Å². The highest BCUT2D eigenvalue weighted by molar-refractivity contribution is 8.13. The molecule has 0 aliphatic rings. The van der Waals surface area contributed by atoms with Crippen molar-refractivity contribution in [2.75, 3.05) is 12.4 Å². The van der Waals surface area contributed by atoms with Crippen molar-refractivity contribution in [3.8, 4) is 11.8 Å². The highest BCUT2D eigenvalue weighted by Gasteiger charge is 1.98. The highest BCUT2D eigenvalue weighted by Crippen LogP contribution is 2.10. The maximum Gasteiger partial charge on any atom is 0.185 e. The summed E-state index contributed by atoms with van der Waals surface area (Å²) in [6.45, 7) is 1.78. The van der Waals surface area contributed by atoms with Crippen LogP contribution in [0.1, 0.15) is 30.9 Å². The topological polar surface area (TPSA) is 37.3 Å². The van der Waals surface area contributed by atoms with E-state index < -0.39 is 0 Å². The van der Waals surface area contributed by atoms with Gasteiger partial charge in [-0.05, 0) is 24.5 Å². The Balaban J connectivity index is 2.55. The summed E-state index contributed by atoms with van der Waals surface area (Å²) in [5, 5.41) is 8.98. The van der Waals surface area contributed by atoms with E-state index in [2.05, 4.69) is 11.8 Å². The maximum atomic E-state index is 10.7. The van der Waals surface area contributed by atoms with Crippen LogP contribution in [-0.4, -0.2) is 22.6 Å². The molecule has 96 valence electrons. The lowest BCUT2D eigenvalue weighted by atomic mass is 10.0. The lowest BCUT2D eigenvalue weighted by Gasteiger charge is -2.02. The van der Waals surface area contributed by atoms with Gasteiger partial charge in [-0.3, -0.25) is 4.79 Å². The van der Waals surface area contributed by atoms with Crippen LogP contribution in [0.25, 0.3) is 0 Å². The second kappa shape index (κ2) is 8.79. The first-order chi connectivity index (χ1) is 8.74. The molecule has 0 amide bonds. The van der Waals surface area contributed by atoms with E-state index in [1.165, 1.54) is 17.3 Å². The number of hydrogen-bond donors (Lipinski definition) is 1. The van der Waals surface area contributed by atoms with E-state index in [9.17, 15) is 4.79 Å². The molecule has 18 heavy (non-hydrogen) atoms. The average molecular weight is 262 g/mol. The van der Waals surface area contributed by atoms with Crippen LogP contribution in [0.2, 0.25) is 0 Å². The van der Waals surface area contributed by atoms with Gasteiger partial charge in [-0.2, -0.15) is 0 Å². The van der Waals surface area contributed by atoms with Gasteiger partial charge in [0, 0.05) is 31.3 Å². The number of rotatable bonds is 5. The van der Waals surface area contributed by atoms with E-state index >= 15 is 0 Å². The molecule has 0 saturated heterocycles. The lowest BCUT2D eigenvalue weighted by molar-refractivity contribution is -0.109. The molecule has 0 aliphatic carbocycles. The number of carbonyl (C=O) groups is 1. The number of thioether (sulfide) groups is 1. The van der Waals surface area contributed by atoms with Gasteiger partial charge in [0.15, 0.2) is 5.12 Å². The summed E-state index contributed by atoms with van der Waals surface area (Å²) < 4.78 is 0. The van der Waals surface area contributed by atoms with Crippen molar-refractivity contribution in [3.63, 3.8) is 0 Å². The van der Waals surface area contributed by atoms with Gasteiger partial charge in [0.2, 0.25) is 0 Å². The monoisotopic (exact) mass is 262 g/mol. The van der Waals surface area contributed by atoms with Crippen molar-refractivity contribution in [3.05, 3.63) is 35.4 Å². The first-order valence-electron chi connectivity index (χ1n) is 6.05. The Morgan fingerprint density at radius 1 is 1.39 bits per heavy atom. The fourth-order valence-electron chi connectivity index (χ4n) is 1.53. The first-order valence-corrected chi connectivity index (χ1v) is 7.03. The number of carbonyl (C=O) groups excluding carboxylic acids is 1. The molecule has 1 aromatic rings. The van der Waals surface area contributed by atoms with E-state index in [-0.39, 0.29) is 11.7 Å². The van der Waals surface area contributed by atoms with Gasteiger partial charge in [0.1, 0.15) is 0 Å². The molecule has 0 heterocycles. The zero-order chi connectivity index (χ0) is 13.2. The molecular weight excluding hydrogens is 244 g/mol.